The molecule has 1 aliphatic rings. The minimum atomic E-state index is -0.510. The van der Waals surface area contributed by atoms with Crippen LogP contribution in [0, 0.1) is 18.7 Å². The van der Waals surface area contributed by atoms with Gasteiger partial charge in [-0.15, -0.1) is 24.8 Å². The van der Waals surface area contributed by atoms with Crippen molar-refractivity contribution in [2.75, 3.05) is 26.2 Å². The lowest BCUT2D eigenvalue weighted by Crippen LogP contribution is -2.45. The van der Waals surface area contributed by atoms with Crippen molar-refractivity contribution >= 4 is 24.8 Å². The van der Waals surface area contributed by atoms with Gasteiger partial charge < -0.3 is 10.4 Å². The van der Waals surface area contributed by atoms with Crippen molar-refractivity contribution in [3.8, 4) is 5.75 Å². The molecule has 0 aromatic heterocycles. The molecule has 3 nitrogen and oxygen atoms in total. The van der Waals surface area contributed by atoms with Crippen LogP contribution in [-0.4, -0.2) is 36.2 Å². The number of aryl methyl sites for hydroxylation is 1. The quantitative estimate of drug-likeness (QED) is 0.867. The second-order valence-corrected chi connectivity index (χ2v) is 6.12. The fourth-order valence-corrected chi connectivity index (χ4v) is 2.93. The number of rotatable bonds is 4. The first kappa shape index (κ1) is 21.4. The first-order valence-electron chi connectivity index (χ1n) is 7.42. The number of hydrogen-bond acceptors (Lipinski definition) is 3. The molecular formula is C16H27Cl2FN2O. The van der Waals surface area contributed by atoms with Gasteiger partial charge in [0.1, 0.15) is 0 Å². The van der Waals surface area contributed by atoms with E-state index in [0.29, 0.717) is 5.92 Å². The Hall–Kier alpha value is -0.550. The summed E-state index contributed by atoms with van der Waals surface area (Å²) in [6, 6.07) is 3.41. The fourth-order valence-electron chi connectivity index (χ4n) is 2.93. The predicted octanol–water partition coefficient (Wildman–Crippen LogP) is 3.68. The van der Waals surface area contributed by atoms with Crippen molar-refractivity contribution in [3.63, 3.8) is 0 Å². The van der Waals surface area contributed by atoms with Crippen LogP contribution in [0.5, 0.6) is 5.75 Å². The summed E-state index contributed by atoms with van der Waals surface area (Å²) in [4.78, 5) is 2.35. The summed E-state index contributed by atoms with van der Waals surface area (Å²) in [5.74, 6) is -0.193. The molecule has 0 bridgehead atoms. The zero-order valence-corrected chi connectivity index (χ0v) is 15.1. The Bertz CT molecular complexity index is 466. The molecular weight excluding hydrogens is 326 g/mol. The summed E-state index contributed by atoms with van der Waals surface area (Å²) in [6.45, 7) is 9.97. The molecule has 1 atom stereocenters. The van der Waals surface area contributed by atoms with Crippen LogP contribution in [0.3, 0.4) is 0 Å². The molecule has 2 rings (SSSR count). The van der Waals surface area contributed by atoms with E-state index < -0.39 is 5.82 Å². The van der Waals surface area contributed by atoms with E-state index in [1.807, 2.05) is 13.0 Å². The molecule has 1 saturated heterocycles. The molecule has 1 aromatic rings. The summed E-state index contributed by atoms with van der Waals surface area (Å²) in [5, 5.41) is 13.5. The third-order valence-electron chi connectivity index (χ3n) is 3.88. The van der Waals surface area contributed by atoms with Gasteiger partial charge in [-0.1, -0.05) is 19.9 Å². The van der Waals surface area contributed by atoms with Gasteiger partial charge in [0.25, 0.3) is 0 Å². The number of nitrogens with one attached hydrogen (secondary N) is 1. The molecule has 128 valence electrons. The van der Waals surface area contributed by atoms with E-state index in [4.69, 9.17) is 0 Å². The number of benzene rings is 1. The SMILES string of the molecule is Cc1cc(F)c(O)c([C@@H](CC(C)C)N2CCNCC2)c1.Cl.Cl. The molecule has 0 radical (unpaired) electrons. The smallest absolute Gasteiger partial charge is 0.165 e. The van der Waals surface area contributed by atoms with Crippen LogP contribution >= 0.6 is 24.8 Å². The van der Waals surface area contributed by atoms with Gasteiger partial charge in [0.15, 0.2) is 11.6 Å². The van der Waals surface area contributed by atoms with E-state index in [9.17, 15) is 9.50 Å². The minimum Gasteiger partial charge on any atom is -0.505 e. The highest BCUT2D eigenvalue weighted by Gasteiger charge is 2.26. The Labute approximate surface area is 145 Å². The van der Waals surface area contributed by atoms with Gasteiger partial charge >= 0.3 is 0 Å². The summed E-state index contributed by atoms with van der Waals surface area (Å²) in [5.41, 5.74) is 1.59. The van der Waals surface area contributed by atoms with Gasteiger partial charge in [-0.25, -0.2) is 4.39 Å². The first-order valence-corrected chi connectivity index (χ1v) is 7.42. The van der Waals surface area contributed by atoms with Crippen LogP contribution < -0.4 is 5.32 Å². The number of halogens is 3. The van der Waals surface area contributed by atoms with Gasteiger partial charge in [0.05, 0.1) is 0 Å². The summed E-state index contributed by atoms with van der Waals surface area (Å²) in [7, 11) is 0. The lowest BCUT2D eigenvalue weighted by atomic mass is 9.93. The Balaban J connectivity index is 0.00000220. The molecule has 0 spiro atoms. The maximum absolute atomic E-state index is 13.8. The lowest BCUT2D eigenvalue weighted by Gasteiger charge is -2.36. The standard InChI is InChI=1S/C16H25FN2O.2ClH/c1-11(2)8-15(19-6-4-18-5-7-19)13-9-12(3)10-14(17)16(13)20;;/h9-11,15,18,20H,4-8H2,1-3H3;2*1H/t15-;;/m1../s1. The molecule has 1 heterocycles. The van der Waals surface area contributed by atoms with E-state index in [1.54, 1.807) is 0 Å². The van der Waals surface area contributed by atoms with Gasteiger partial charge in [-0.05, 0) is 30.9 Å². The van der Waals surface area contributed by atoms with E-state index in [2.05, 4.69) is 24.1 Å². The molecule has 1 aromatic carbocycles. The van der Waals surface area contributed by atoms with Crippen LogP contribution in [0.15, 0.2) is 12.1 Å². The average molecular weight is 353 g/mol. The number of piperazine rings is 1. The van der Waals surface area contributed by atoms with Crippen molar-refractivity contribution in [1.82, 2.24) is 10.2 Å². The largest absolute Gasteiger partial charge is 0.505 e. The summed E-state index contributed by atoms with van der Waals surface area (Å²) in [6.07, 6.45) is 0.927. The molecule has 1 aliphatic heterocycles. The molecule has 0 aliphatic carbocycles. The Morgan fingerprint density at radius 2 is 1.82 bits per heavy atom. The van der Waals surface area contributed by atoms with E-state index in [-0.39, 0.29) is 36.6 Å². The van der Waals surface area contributed by atoms with Crippen LogP contribution in [0.2, 0.25) is 0 Å². The minimum absolute atomic E-state index is 0. The van der Waals surface area contributed by atoms with Gasteiger partial charge in [0.2, 0.25) is 0 Å². The zero-order valence-electron chi connectivity index (χ0n) is 13.4. The van der Waals surface area contributed by atoms with E-state index in [1.165, 1.54) is 6.07 Å². The van der Waals surface area contributed by atoms with E-state index in [0.717, 1.165) is 43.7 Å². The highest BCUT2D eigenvalue weighted by molar-refractivity contribution is 5.85. The highest BCUT2D eigenvalue weighted by Crippen LogP contribution is 2.36. The van der Waals surface area contributed by atoms with E-state index >= 15 is 0 Å². The van der Waals surface area contributed by atoms with Crippen LogP contribution in [0.25, 0.3) is 0 Å². The van der Waals surface area contributed by atoms with Gasteiger partial charge in [-0.2, -0.15) is 0 Å². The summed E-state index contributed by atoms with van der Waals surface area (Å²) >= 11 is 0. The number of aromatic hydroxyl groups is 1. The van der Waals surface area contributed by atoms with Crippen molar-refractivity contribution < 1.29 is 9.50 Å². The van der Waals surface area contributed by atoms with Crippen LogP contribution in [-0.2, 0) is 0 Å². The molecule has 0 unspecified atom stereocenters. The number of nitrogens with zero attached hydrogens (tertiary/aromatic N) is 1. The number of hydrogen-bond donors (Lipinski definition) is 2. The predicted molar refractivity (Wildman–Crippen MR) is 93.9 cm³/mol. The fraction of sp³-hybridized carbons (Fsp3) is 0.625. The monoisotopic (exact) mass is 352 g/mol. The molecule has 0 amide bonds. The van der Waals surface area contributed by atoms with Crippen LogP contribution in [0.4, 0.5) is 4.39 Å². The molecule has 1 fully saturated rings. The molecule has 22 heavy (non-hydrogen) atoms. The maximum Gasteiger partial charge on any atom is 0.165 e. The molecule has 2 N–H and O–H groups in total. The van der Waals surface area contributed by atoms with Crippen LogP contribution in [0.1, 0.15) is 37.4 Å². The van der Waals surface area contributed by atoms with Crippen molar-refractivity contribution in [3.05, 3.63) is 29.1 Å². The molecule has 0 saturated carbocycles. The zero-order chi connectivity index (χ0) is 14.7. The second-order valence-electron chi connectivity index (χ2n) is 6.12. The summed E-state index contributed by atoms with van der Waals surface area (Å²) < 4.78 is 13.8. The lowest BCUT2D eigenvalue weighted by molar-refractivity contribution is 0.151. The van der Waals surface area contributed by atoms with Crippen molar-refractivity contribution in [1.29, 1.82) is 0 Å². The van der Waals surface area contributed by atoms with Crippen molar-refractivity contribution in [2.24, 2.45) is 5.92 Å². The Morgan fingerprint density at radius 3 is 2.36 bits per heavy atom. The Kier molecular flexibility index (Phi) is 9.32. The third-order valence-corrected chi connectivity index (χ3v) is 3.88. The van der Waals surface area contributed by atoms with Crippen molar-refractivity contribution in [2.45, 2.75) is 33.2 Å². The maximum atomic E-state index is 13.8. The second kappa shape index (κ2) is 9.56. The molecule has 6 heteroatoms. The van der Waals surface area contributed by atoms with Gasteiger partial charge in [0, 0.05) is 37.8 Å². The topological polar surface area (TPSA) is 35.5 Å². The normalized spacial score (nSPS) is 16.8. The first-order chi connectivity index (χ1) is 9.49. The number of phenols is 1. The number of phenolic OH excluding ortho intramolecular Hbond substituents is 1. The highest BCUT2D eigenvalue weighted by atomic mass is 35.5. The average Bonchev–Trinajstić information content (AvgIpc) is 2.41. The van der Waals surface area contributed by atoms with Gasteiger partial charge in [-0.3, -0.25) is 4.90 Å². The third kappa shape index (κ3) is 5.27. The Morgan fingerprint density at radius 1 is 1.23 bits per heavy atom.